The fourth-order valence-corrected chi connectivity index (χ4v) is 3.04. The molecule has 0 saturated heterocycles. The van der Waals surface area contributed by atoms with Gasteiger partial charge in [-0.3, -0.25) is 4.40 Å². The van der Waals surface area contributed by atoms with E-state index in [9.17, 15) is 9.90 Å². The van der Waals surface area contributed by atoms with E-state index in [4.69, 9.17) is 11.6 Å². The Labute approximate surface area is 154 Å². The lowest BCUT2D eigenvalue weighted by atomic mass is 10.1. The van der Waals surface area contributed by atoms with Crippen LogP contribution in [0.5, 0.6) is 0 Å². The number of carboxylic acid groups (broad SMARTS) is 1. The summed E-state index contributed by atoms with van der Waals surface area (Å²) in [6.07, 6.45) is 2.72. The Morgan fingerprint density at radius 2 is 2.08 bits per heavy atom. The zero-order valence-electron chi connectivity index (χ0n) is 13.9. The highest BCUT2D eigenvalue weighted by Gasteiger charge is 2.14. The molecule has 0 aliphatic heterocycles. The fourth-order valence-electron chi connectivity index (χ4n) is 2.85. The second kappa shape index (κ2) is 6.31. The van der Waals surface area contributed by atoms with Crippen molar-refractivity contribution < 1.29 is 9.90 Å². The molecular weight excluding hydrogens is 352 g/mol. The maximum absolute atomic E-state index is 11.3. The molecule has 7 heteroatoms. The Kier molecular flexibility index (Phi) is 3.97. The van der Waals surface area contributed by atoms with Crippen LogP contribution in [0.25, 0.3) is 16.6 Å². The van der Waals surface area contributed by atoms with Gasteiger partial charge >= 0.3 is 5.97 Å². The number of anilines is 2. The van der Waals surface area contributed by atoms with Crippen molar-refractivity contribution in [1.82, 2.24) is 14.4 Å². The van der Waals surface area contributed by atoms with Gasteiger partial charge in [-0.1, -0.05) is 24.6 Å². The van der Waals surface area contributed by atoms with Crippen molar-refractivity contribution in [3.05, 3.63) is 64.9 Å². The van der Waals surface area contributed by atoms with Gasteiger partial charge < -0.3 is 10.4 Å². The summed E-state index contributed by atoms with van der Waals surface area (Å²) in [7, 11) is 0. The number of aromatic carboxylic acids is 1. The van der Waals surface area contributed by atoms with Crippen LogP contribution < -0.4 is 5.32 Å². The predicted molar refractivity (Wildman–Crippen MR) is 102 cm³/mol. The highest BCUT2D eigenvalue weighted by molar-refractivity contribution is 6.30. The van der Waals surface area contributed by atoms with E-state index in [0.29, 0.717) is 16.5 Å². The molecule has 0 bridgehead atoms. The van der Waals surface area contributed by atoms with Gasteiger partial charge in [0.15, 0.2) is 0 Å². The van der Waals surface area contributed by atoms with Crippen molar-refractivity contribution in [2.24, 2.45) is 0 Å². The van der Waals surface area contributed by atoms with E-state index in [1.165, 1.54) is 0 Å². The second-order valence-electron chi connectivity index (χ2n) is 5.89. The summed E-state index contributed by atoms with van der Waals surface area (Å²) >= 11 is 6.06. The van der Waals surface area contributed by atoms with Crippen LogP contribution in [0.15, 0.2) is 48.7 Å². The van der Waals surface area contributed by atoms with E-state index >= 15 is 0 Å². The summed E-state index contributed by atoms with van der Waals surface area (Å²) in [5.41, 5.74) is 3.19. The van der Waals surface area contributed by atoms with Crippen molar-refractivity contribution in [3.63, 3.8) is 0 Å². The van der Waals surface area contributed by atoms with E-state index in [0.717, 1.165) is 28.8 Å². The largest absolute Gasteiger partial charge is 0.478 e. The average Bonchev–Trinajstić information content (AvgIpc) is 3.06. The van der Waals surface area contributed by atoms with Crippen LogP contribution in [0.1, 0.15) is 23.0 Å². The van der Waals surface area contributed by atoms with E-state index in [-0.39, 0.29) is 5.56 Å². The number of nitrogens with one attached hydrogen (secondary N) is 1. The lowest BCUT2D eigenvalue weighted by Crippen LogP contribution is -2.03. The molecule has 2 aromatic heterocycles. The van der Waals surface area contributed by atoms with Crippen LogP contribution >= 0.6 is 11.6 Å². The highest BCUT2D eigenvalue weighted by atomic mass is 35.5. The number of imidazole rings is 1. The summed E-state index contributed by atoms with van der Waals surface area (Å²) in [4.78, 5) is 20.6. The average molecular weight is 367 g/mol. The number of hydrogen-bond donors (Lipinski definition) is 2. The molecule has 0 aliphatic carbocycles. The first-order valence-electron chi connectivity index (χ1n) is 8.13. The van der Waals surface area contributed by atoms with Gasteiger partial charge in [0, 0.05) is 22.3 Å². The molecule has 0 unspecified atom stereocenters. The fraction of sp³-hybridized carbons (Fsp3) is 0.105. The summed E-state index contributed by atoms with van der Waals surface area (Å²) in [6.45, 7) is 2.03. The van der Waals surface area contributed by atoms with E-state index in [2.05, 4.69) is 15.3 Å². The molecule has 0 atom stereocenters. The minimum atomic E-state index is -0.990. The van der Waals surface area contributed by atoms with Crippen LogP contribution in [-0.4, -0.2) is 25.4 Å². The second-order valence-corrected chi connectivity index (χ2v) is 6.32. The number of aromatic nitrogens is 3. The Balaban J connectivity index is 1.96. The quantitative estimate of drug-likeness (QED) is 0.554. The van der Waals surface area contributed by atoms with E-state index in [1.807, 2.05) is 29.7 Å². The highest BCUT2D eigenvalue weighted by Crippen LogP contribution is 2.26. The third-order valence-electron chi connectivity index (χ3n) is 4.14. The first-order valence-corrected chi connectivity index (χ1v) is 8.50. The SMILES string of the molecule is CCc1cn2c(Nc3cccc(Cl)c3)nc3cc(C(=O)O)ccc3c2n1. The topological polar surface area (TPSA) is 79.5 Å². The summed E-state index contributed by atoms with van der Waals surface area (Å²) in [5, 5.41) is 13.9. The maximum atomic E-state index is 11.3. The Bertz CT molecular complexity index is 1150. The maximum Gasteiger partial charge on any atom is 0.335 e. The van der Waals surface area contributed by atoms with Gasteiger partial charge in [0.25, 0.3) is 0 Å². The third kappa shape index (κ3) is 2.84. The summed E-state index contributed by atoms with van der Waals surface area (Å²) in [5.74, 6) is -0.444. The Hall–Kier alpha value is -3.12. The molecule has 0 spiro atoms. The normalized spacial score (nSPS) is 11.2. The Morgan fingerprint density at radius 1 is 1.23 bits per heavy atom. The number of carbonyl (C=O) groups is 1. The molecule has 4 aromatic rings. The molecule has 2 N–H and O–H groups in total. The molecule has 0 fully saturated rings. The number of benzene rings is 2. The molecule has 26 heavy (non-hydrogen) atoms. The van der Waals surface area contributed by atoms with Crippen LogP contribution in [0.2, 0.25) is 5.02 Å². The number of nitrogens with zero attached hydrogens (tertiary/aromatic N) is 3. The number of aryl methyl sites for hydroxylation is 1. The van der Waals surface area contributed by atoms with Crippen LogP contribution in [0, 0.1) is 0 Å². The molecule has 0 amide bonds. The molecule has 6 nitrogen and oxygen atoms in total. The smallest absolute Gasteiger partial charge is 0.335 e. The van der Waals surface area contributed by atoms with Crippen LogP contribution in [0.3, 0.4) is 0 Å². The molecular formula is C19H15ClN4O2. The van der Waals surface area contributed by atoms with Crippen molar-refractivity contribution in [3.8, 4) is 0 Å². The minimum Gasteiger partial charge on any atom is -0.478 e. The molecule has 0 saturated carbocycles. The minimum absolute atomic E-state index is 0.185. The zero-order chi connectivity index (χ0) is 18.3. The first kappa shape index (κ1) is 16.4. The number of hydrogen-bond acceptors (Lipinski definition) is 4. The van der Waals surface area contributed by atoms with Crippen molar-refractivity contribution >= 4 is 45.8 Å². The standard InChI is InChI=1S/C19H15ClN4O2/c1-2-13-10-24-17(21-13)15-7-6-11(18(25)26)8-16(15)23-19(24)22-14-5-3-4-12(20)9-14/h3-10H,2H2,1H3,(H,22,23)(H,25,26). The summed E-state index contributed by atoms with van der Waals surface area (Å²) < 4.78 is 1.88. The van der Waals surface area contributed by atoms with Crippen LogP contribution in [0.4, 0.5) is 11.6 Å². The number of rotatable bonds is 4. The van der Waals surface area contributed by atoms with E-state index < -0.39 is 5.97 Å². The van der Waals surface area contributed by atoms with Gasteiger partial charge in [-0.05, 0) is 42.8 Å². The molecule has 2 aromatic carbocycles. The molecule has 0 aliphatic rings. The molecule has 2 heterocycles. The lowest BCUT2D eigenvalue weighted by Gasteiger charge is -2.10. The number of fused-ring (bicyclic) bond motifs is 3. The van der Waals surface area contributed by atoms with Crippen molar-refractivity contribution in [2.45, 2.75) is 13.3 Å². The van der Waals surface area contributed by atoms with Gasteiger partial charge in [-0.15, -0.1) is 0 Å². The van der Waals surface area contributed by atoms with Crippen molar-refractivity contribution in [2.75, 3.05) is 5.32 Å². The first-order chi connectivity index (χ1) is 12.5. The van der Waals surface area contributed by atoms with Gasteiger partial charge in [-0.25, -0.2) is 14.8 Å². The van der Waals surface area contributed by atoms with Crippen molar-refractivity contribution in [1.29, 1.82) is 0 Å². The van der Waals surface area contributed by atoms with Gasteiger partial charge in [0.05, 0.1) is 16.8 Å². The molecule has 0 radical (unpaired) electrons. The van der Waals surface area contributed by atoms with Gasteiger partial charge in [0.2, 0.25) is 5.95 Å². The number of carboxylic acids is 1. The molecule has 130 valence electrons. The van der Waals surface area contributed by atoms with E-state index in [1.54, 1.807) is 30.3 Å². The van der Waals surface area contributed by atoms with Gasteiger partial charge in [-0.2, -0.15) is 0 Å². The Morgan fingerprint density at radius 3 is 2.81 bits per heavy atom. The zero-order valence-corrected chi connectivity index (χ0v) is 14.7. The summed E-state index contributed by atoms with van der Waals surface area (Å²) in [6, 6.07) is 12.2. The van der Waals surface area contributed by atoms with Gasteiger partial charge in [0.1, 0.15) is 5.65 Å². The monoisotopic (exact) mass is 366 g/mol. The molecule has 4 rings (SSSR count). The lowest BCUT2D eigenvalue weighted by molar-refractivity contribution is 0.0697. The van der Waals surface area contributed by atoms with Crippen LogP contribution in [-0.2, 0) is 6.42 Å². The predicted octanol–water partition coefficient (Wildman–Crippen LogP) is 4.54. The third-order valence-corrected chi connectivity index (χ3v) is 4.37. The number of halogens is 1.